The predicted octanol–water partition coefficient (Wildman–Crippen LogP) is 4.45. The number of halogens is 2. The summed E-state index contributed by atoms with van der Waals surface area (Å²) in [6, 6.07) is 4.41. The number of hydrogen-bond donors (Lipinski definition) is 1. The van der Waals surface area contributed by atoms with Gasteiger partial charge in [0, 0.05) is 4.47 Å². The van der Waals surface area contributed by atoms with Crippen LogP contribution in [0.4, 0.5) is 4.39 Å². The van der Waals surface area contributed by atoms with Crippen molar-refractivity contribution >= 4 is 15.9 Å². The lowest BCUT2D eigenvalue weighted by Crippen LogP contribution is -2.00. The molecule has 1 atom stereocenters. The highest BCUT2D eigenvalue weighted by Crippen LogP contribution is 2.28. The molecule has 0 saturated heterocycles. The molecule has 1 aromatic carbocycles. The summed E-state index contributed by atoms with van der Waals surface area (Å²) >= 11 is 3.27. The van der Waals surface area contributed by atoms with E-state index in [-0.39, 0.29) is 5.82 Å². The Morgan fingerprint density at radius 1 is 1.31 bits per heavy atom. The highest BCUT2D eigenvalue weighted by molar-refractivity contribution is 9.10. The Morgan fingerprint density at radius 3 is 2.56 bits per heavy atom. The minimum atomic E-state index is -0.506. The second kappa shape index (κ2) is 6.36. The van der Waals surface area contributed by atoms with Gasteiger partial charge in [-0.15, -0.1) is 0 Å². The van der Waals surface area contributed by atoms with Gasteiger partial charge in [-0.05, 0) is 30.0 Å². The lowest BCUT2D eigenvalue weighted by molar-refractivity contribution is 0.161. The third-order valence-electron chi connectivity index (χ3n) is 2.58. The molecule has 16 heavy (non-hydrogen) atoms. The molecular weight excluding hydrogens is 271 g/mol. The van der Waals surface area contributed by atoms with E-state index in [1.165, 1.54) is 12.1 Å². The molecule has 0 saturated carbocycles. The maximum atomic E-state index is 12.9. The van der Waals surface area contributed by atoms with Crippen molar-refractivity contribution in [2.24, 2.45) is 5.92 Å². The van der Waals surface area contributed by atoms with Gasteiger partial charge in [-0.2, -0.15) is 0 Å². The van der Waals surface area contributed by atoms with Crippen LogP contribution in [0.25, 0.3) is 0 Å². The largest absolute Gasteiger partial charge is 0.388 e. The molecule has 0 aliphatic heterocycles. The summed E-state index contributed by atoms with van der Waals surface area (Å²) < 4.78 is 13.5. The van der Waals surface area contributed by atoms with Gasteiger partial charge in [0.1, 0.15) is 5.82 Å². The molecule has 1 unspecified atom stereocenters. The highest BCUT2D eigenvalue weighted by Gasteiger charge is 2.11. The van der Waals surface area contributed by atoms with Gasteiger partial charge in [-0.25, -0.2) is 4.39 Å². The standard InChI is InChI=1S/C13H18BrFO/c1-9(2)4-3-5-13(16)11-7-6-10(15)8-12(11)14/h6-9,13,16H,3-5H2,1-2H3. The summed E-state index contributed by atoms with van der Waals surface area (Å²) in [7, 11) is 0. The van der Waals surface area contributed by atoms with Crippen molar-refractivity contribution < 1.29 is 9.50 Å². The third-order valence-corrected chi connectivity index (χ3v) is 3.27. The fraction of sp³-hybridized carbons (Fsp3) is 0.538. The van der Waals surface area contributed by atoms with Crippen LogP contribution in [-0.2, 0) is 0 Å². The molecule has 0 radical (unpaired) electrons. The monoisotopic (exact) mass is 288 g/mol. The number of hydrogen-bond acceptors (Lipinski definition) is 1. The Balaban J connectivity index is 2.55. The van der Waals surface area contributed by atoms with Crippen molar-refractivity contribution in [3.63, 3.8) is 0 Å². The normalized spacial score (nSPS) is 13.1. The van der Waals surface area contributed by atoms with E-state index in [9.17, 15) is 9.50 Å². The highest BCUT2D eigenvalue weighted by atomic mass is 79.9. The van der Waals surface area contributed by atoms with Gasteiger partial charge in [-0.3, -0.25) is 0 Å². The summed E-state index contributed by atoms with van der Waals surface area (Å²) in [5, 5.41) is 9.95. The molecule has 0 aromatic heterocycles. The van der Waals surface area contributed by atoms with E-state index in [2.05, 4.69) is 29.8 Å². The van der Waals surface area contributed by atoms with E-state index in [1.807, 2.05) is 0 Å². The van der Waals surface area contributed by atoms with Crippen LogP contribution in [0.3, 0.4) is 0 Å². The average Bonchev–Trinajstić information content (AvgIpc) is 2.16. The molecule has 0 spiro atoms. The van der Waals surface area contributed by atoms with Gasteiger partial charge in [0.25, 0.3) is 0 Å². The topological polar surface area (TPSA) is 20.2 Å². The molecule has 1 aromatic rings. The van der Waals surface area contributed by atoms with Crippen molar-refractivity contribution in [1.29, 1.82) is 0 Å². The summed E-state index contributed by atoms with van der Waals surface area (Å²) in [5.74, 6) is 0.369. The van der Waals surface area contributed by atoms with E-state index in [0.717, 1.165) is 24.8 Å². The van der Waals surface area contributed by atoms with E-state index in [0.29, 0.717) is 10.4 Å². The van der Waals surface area contributed by atoms with E-state index < -0.39 is 6.10 Å². The van der Waals surface area contributed by atoms with Gasteiger partial charge in [-0.1, -0.05) is 48.7 Å². The molecule has 90 valence electrons. The summed E-state index contributed by atoms with van der Waals surface area (Å²) in [4.78, 5) is 0. The Morgan fingerprint density at radius 2 is 2.00 bits per heavy atom. The Kier molecular flexibility index (Phi) is 5.42. The van der Waals surface area contributed by atoms with Crippen molar-refractivity contribution in [1.82, 2.24) is 0 Å². The molecule has 1 nitrogen and oxygen atoms in total. The molecule has 1 N–H and O–H groups in total. The smallest absolute Gasteiger partial charge is 0.124 e. The van der Waals surface area contributed by atoms with Crippen molar-refractivity contribution in [3.05, 3.63) is 34.1 Å². The SMILES string of the molecule is CC(C)CCCC(O)c1ccc(F)cc1Br. The fourth-order valence-electron chi connectivity index (χ4n) is 1.65. The number of aliphatic hydroxyl groups excluding tert-OH is 1. The first-order chi connectivity index (χ1) is 7.50. The second-order valence-corrected chi connectivity index (χ2v) is 5.36. The molecule has 1 rings (SSSR count). The van der Waals surface area contributed by atoms with Gasteiger partial charge in [0.05, 0.1) is 6.10 Å². The zero-order valence-corrected chi connectivity index (χ0v) is 11.3. The first kappa shape index (κ1) is 13.7. The molecule has 3 heteroatoms. The maximum Gasteiger partial charge on any atom is 0.124 e. The van der Waals surface area contributed by atoms with Crippen LogP contribution in [0.1, 0.15) is 44.8 Å². The van der Waals surface area contributed by atoms with Crippen LogP contribution < -0.4 is 0 Å². The predicted molar refractivity (Wildman–Crippen MR) is 67.7 cm³/mol. The van der Waals surface area contributed by atoms with E-state index >= 15 is 0 Å². The van der Waals surface area contributed by atoms with Gasteiger partial charge >= 0.3 is 0 Å². The molecule has 0 aliphatic carbocycles. The summed E-state index contributed by atoms with van der Waals surface area (Å²) in [6.07, 6.45) is 2.31. The third kappa shape index (κ3) is 4.22. The number of aliphatic hydroxyl groups is 1. The quantitative estimate of drug-likeness (QED) is 0.849. The van der Waals surface area contributed by atoms with Crippen LogP contribution >= 0.6 is 15.9 Å². The van der Waals surface area contributed by atoms with Gasteiger partial charge in [0.15, 0.2) is 0 Å². The second-order valence-electron chi connectivity index (χ2n) is 4.51. The Hall–Kier alpha value is -0.410. The molecule has 0 bridgehead atoms. The van der Waals surface area contributed by atoms with Crippen LogP contribution in [-0.4, -0.2) is 5.11 Å². The van der Waals surface area contributed by atoms with Crippen LogP contribution in [0.15, 0.2) is 22.7 Å². The molecule has 0 fully saturated rings. The molecule has 0 heterocycles. The summed E-state index contributed by atoms with van der Waals surface area (Å²) in [5.41, 5.74) is 0.769. The first-order valence-corrected chi connectivity index (χ1v) is 6.43. The summed E-state index contributed by atoms with van der Waals surface area (Å²) in [6.45, 7) is 4.33. The molecule has 0 aliphatic rings. The van der Waals surface area contributed by atoms with Gasteiger partial charge < -0.3 is 5.11 Å². The Bertz CT molecular complexity index is 339. The van der Waals surface area contributed by atoms with Crippen molar-refractivity contribution in [2.75, 3.05) is 0 Å². The van der Waals surface area contributed by atoms with Crippen LogP contribution in [0, 0.1) is 11.7 Å². The van der Waals surface area contributed by atoms with Gasteiger partial charge in [0.2, 0.25) is 0 Å². The van der Waals surface area contributed by atoms with Crippen LogP contribution in [0.5, 0.6) is 0 Å². The number of benzene rings is 1. The Labute approximate surface area is 105 Å². The van der Waals surface area contributed by atoms with Crippen molar-refractivity contribution in [3.8, 4) is 0 Å². The average molecular weight is 289 g/mol. The van der Waals surface area contributed by atoms with E-state index in [4.69, 9.17) is 0 Å². The number of rotatable bonds is 5. The minimum absolute atomic E-state index is 0.287. The van der Waals surface area contributed by atoms with E-state index in [1.54, 1.807) is 6.07 Å². The minimum Gasteiger partial charge on any atom is -0.388 e. The lowest BCUT2D eigenvalue weighted by Gasteiger charge is -2.13. The van der Waals surface area contributed by atoms with Crippen LogP contribution in [0.2, 0.25) is 0 Å². The van der Waals surface area contributed by atoms with Crippen molar-refractivity contribution in [2.45, 2.75) is 39.2 Å². The zero-order chi connectivity index (χ0) is 12.1. The lowest BCUT2D eigenvalue weighted by atomic mass is 10.0. The molecular formula is C13H18BrFO. The molecule has 0 amide bonds. The maximum absolute atomic E-state index is 12.9. The zero-order valence-electron chi connectivity index (χ0n) is 9.71. The fourth-order valence-corrected chi connectivity index (χ4v) is 2.26. The first-order valence-electron chi connectivity index (χ1n) is 5.63.